The topological polar surface area (TPSA) is 51.7 Å². The molecule has 7 heterocycles. The summed E-state index contributed by atoms with van der Waals surface area (Å²) in [7, 11) is 0. The van der Waals surface area contributed by atoms with E-state index in [9.17, 15) is 11.0 Å². The minimum Gasteiger partial charge on any atom is -0.457 e. The van der Waals surface area contributed by atoms with Gasteiger partial charge in [0.05, 0.1) is 27.9 Å². The van der Waals surface area contributed by atoms with E-state index in [1.165, 1.54) is 12.1 Å². The quantitative estimate of drug-likeness (QED) is 0.116. The molecule has 0 spiro atoms. The van der Waals surface area contributed by atoms with Crippen molar-refractivity contribution in [1.82, 2.24) is 0 Å². The molecule has 12 aromatic rings. The van der Waals surface area contributed by atoms with E-state index >= 15 is 4.79 Å². The molecule has 101 heavy (non-hydrogen) atoms. The lowest BCUT2D eigenvalue weighted by Crippen LogP contribution is -2.70. The van der Waals surface area contributed by atoms with Gasteiger partial charge >= 0.3 is 5.97 Å². The summed E-state index contributed by atoms with van der Waals surface area (Å²) in [5.41, 5.74) is 23.7. The minimum atomic E-state index is -0.596. The van der Waals surface area contributed by atoms with Crippen molar-refractivity contribution >= 4 is 161 Å². The maximum absolute atomic E-state index is 15.4. The Bertz CT molecular complexity index is 5980. The third kappa shape index (κ3) is 9.00. The first kappa shape index (κ1) is 53.1. The second-order valence-corrected chi connectivity index (χ2v) is 32.2. The monoisotopic (exact) mass is 1320 g/mol. The average Bonchev–Trinajstić information content (AvgIpc) is 0.656. The van der Waals surface area contributed by atoms with Gasteiger partial charge < -0.3 is 34.0 Å². The largest absolute Gasteiger partial charge is 0.457 e. The molecule has 8 nitrogen and oxygen atoms in total. The summed E-state index contributed by atoms with van der Waals surface area (Å²) >= 11 is 0. The zero-order valence-corrected chi connectivity index (χ0v) is 58.9. The zero-order chi connectivity index (χ0) is 76.0. The van der Waals surface area contributed by atoms with Gasteiger partial charge in [-0.15, -0.1) is 0 Å². The highest BCUT2D eigenvalue weighted by molar-refractivity contribution is 7.06. The van der Waals surface area contributed by atoms with Crippen LogP contribution in [0.2, 0.25) is 0 Å². The van der Waals surface area contributed by atoms with Crippen LogP contribution in [0.1, 0.15) is 132 Å². The molecule has 0 bridgehead atoms. The number of hydrogen-bond acceptors (Lipinski definition) is 8. The summed E-state index contributed by atoms with van der Waals surface area (Å²) in [6.45, 7) is 25.2. The molecule has 0 saturated heterocycles. The van der Waals surface area contributed by atoms with Gasteiger partial charge in [-0.2, -0.15) is 0 Å². The summed E-state index contributed by atoms with van der Waals surface area (Å²) in [6, 6.07) is 64.7. The van der Waals surface area contributed by atoms with Crippen LogP contribution in [0.5, 0.6) is 11.5 Å². The van der Waals surface area contributed by atoms with Crippen molar-refractivity contribution in [2.75, 3.05) is 24.5 Å². The fourth-order valence-electron chi connectivity index (χ4n) is 17.3. The molecule has 0 unspecified atom stereocenters. The van der Waals surface area contributed by atoms with E-state index < -0.39 is 24.8 Å². The van der Waals surface area contributed by atoms with E-state index in [0.29, 0.717) is 39.8 Å². The average molecular weight is 1320 g/mol. The van der Waals surface area contributed by atoms with E-state index in [2.05, 4.69) is 186 Å². The first-order valence-electron chi connectivity index (χ1n) is 39.2. The molecule has 7 aliphatic heterocycles. The predicted octanol–water partition coefficient (Wildman–Crippen LogP) is 17.1. The SMILES string of the molecule is [2H]c1cc([2H])cc(N2c3cc(C(C)(C)C)ccc3B3c4cc5c(cc4N(c4cc([2H])cc([2H])c4)c4cc(C(=O)OCc6ccccc6)cc2c43)N(c2cc([2H])cc([2H])c2)c2cc3c4c6c2B5c2ccc(C(C)(C)C)c5c2N6c2c(ccc(C(C)(C)C)c2O5)B4c2ccc(C(C)(C)C)cc2N3c2cc([2H])cc([2H])c2)c1. The van der Waals surface area contributed by atoms with Gasteiger partial charge in [0.2, 0.25) is 0 Å². The molecule has 0 amide bonds. The molecular formula is C90H78B3N5O3. The highest BCUT2D eigenvalue weighted by Crippen LogP contribution is 2.60. The smallest absolute Gasteiger partial charge is 0.338 e. The second kappa shape index (κ2) is 21.6. The maximum Gasteiger partial charge on any atom is 0.338 e. The Morgan fingerprint density at radius 1 is 0.356 bits per heavy atom. The molecule has 7 aliphatic rings. The molecule has 0 aliphatic carbocycles. The van der Waals surface area contributed by atoms with Crippen molar-refractivity contribution < 1.29 is 25.2 Å². The number of ether oxygens (including phenoxy) is 2. The van der Waals surface area contributed by atoms with E-state index in [4.69, 9.17) is 9.47 Å². The van der Waals surface area contributed by atoms with Crippen molar-refractivity contribution in [1.29, 1.82) is 0 Å². The number of rotatable bonds is 7. The van der Waals surface area contributed by atoms with Crippen molar-refractivity contribution in [2.24, 2.45) is 0 Å². The number of carbonyl (C=O) groups excluding carboxylic acids is 1. The lowest BCUT2D eigenvalue weighted by molar-refractivity contribution is 0.0472. The molecule has 19 rings (SSSR count). The van der Waals surface area contributed by atoms with E-state index in [-0.39, 0.29) is 83.5 Å². The number of esters is 1. The summed E-state index contributed by atoms with van der Waals surface area (Å²) in [5, 5.41) is 0. The van der Waals surface area contributed by atoms with E-state index in [1.54, 1.807) is 36.4 Å². The van der Waals surface area contributed by atoms with Crippen LogP contribution in [0.3, 0.4) is 0 Å². The molecule has 0 atom stereocenters. The Kier molecular flexibility index (Phi) is 11.3. The van der Waals surface area contributed by atoms with Crippen LogP contribution in [-0.4, -0.2) is 26.1 Å². The zero-order valence-electron chi connectivity index (χ0n) is 66.9. The Balaban J connectivity index is 0.984. The maximum atomic E-state index is 15.4. The number of benzene rings is 12. The Hall–Kier alpha value is -10.9. The normalized spacial score (nSPS) is 15.6. The molecular weight excluding hydrogens is 1230 g/mol. The molecule has 0 saturated carbocycles. The van der Waals surface area contributed by atoms with Gasteiger partial charge in [0, 0.05) is 85.1 Å². The number of nitrogens with zero attached hydrogens (tertiary/aromatic N) is 5. The van der Waals surface area contributed by atoms with E-state index in [1.807, 2.05) is 66.7 Å². The van der Waals surface area contributed by atoms with Gasteiger partial charge in [-0.25, -0.2) is 4.79 Å². The van der Waals surface area contributed by atoms with Gasteiger partial charge in [0.1, 0.15) is 6.61 Å². The van der Waals surface area contributed by atoms with Crippen LogP contribution in [0, 0.1) is 0 Å². The standard InChI is InChI=1S/C90H78B3N5O3/c1-87(2,3)56-38-42-64-70(48-56)95(59-32-22-15-23-33-59)76-52-77-80-83-79(76)91(64)66-44-40-62(89(7,8)9)84-81(66)98(83)82-67(45-41-63(85(82)101-84)90(10,11)12)93(80)69-50-68-72(51-73(69)97(77)61-36-26-17-27-37-61)96(60-34-24-16-25-35-60)75-47-55(86(99)100-53-54-28-18-13-19-29-54)46-74-78(75)92(68)65-43-39-57(88(4,5)6)49-71(65)94(74)58-30-20-14-21-31-58/h13-52H,53H2,1-12H3/i20D,21D,22D,23D,24D,25D,26D,27D. The molecule has 0 N–H and O–H groups in total. The Morgan fingerprint density at radius 3 is 1.13 bits per heavy atom. The summed E-state index contributed by atoms with van der Waals surface area (Å²) in [6.07, 6.45) is 0. The number of fused-ring (bicyclic) bond motifs is 10. The summed E-state index contributed by atoms with van der Waals surface area (Å²) in [4.78, 5) is 26.7. The van der Waals surface area contributed by atoms with Gasteiger partial charge in [-0.3, -0.25) is 0 Å². The van der Waals surface area contributed by atoms with Gasteiger partial charge in [-0.1, -0.05) is 241 Å². The van der Waals surface area contributed by atoms with Crippen molar-refractivity contribution in [3.05, 3.63) is 276 Å². The van der Waals surface area contributed by atoms with Gasteiger partial charge in [-0.05, 0) is 172 Å². The van der Waals surface area contributed by atoms with Crippen molar-refractivity contribution in [3.8, 4) is 11.5 Å². The fourth-order valence-corrected chi connectivity index (χ4v) is 17.3. The lowest BCUT2D eigenvalue weighted by atomic mass is 9.27. The third-order valence-corrected chi connectivity index (χ3v) is 21.9. The van der Waals surface area contributed by atoms with Crippen LogP contribution < -0.4 is 78.4 Å². The predicted molar refractivity (Wildman–Crippen MR) is 424 cm³/mol. The second-order valence-electron chi connectivity index (χ2n) is 32.2. The Morgan fingerprint density at radius 2 is 0.723 bits per heavy atom. The van der Waals surface area contributed by atoms with Crippen LogP contribution in [-0.2, 0) is 33.0 Å². The lowest BCUT2D eigenvalue weighted by Gasteiger charge is -2.53. The highest BCUT2D eigenvalue weighted by atomic mass is 16.5. The molecule has 0 aromatic heterocycles. The third-order valence-electron chi connectivity index (χ3n) is 21.9. The Labute approximate surface area is 605 Å². The molecule has 0 radical (unpaired) electrons. The van der Waals surface area contributed by atoms with Crippen LogP contribution in [0.25, 0.3) is 0 Å². The van der Waals surface area contributed by atoms with Crippen molar-refractivity contribution in [3.63, 3.8) is 0 Å². The number of hydrogen-bond donors (Lipinski definition) is 0. The molecule has 0 fully saturated rings. The number of carbonyl (C=O) groups is 1. The van der Waals surface area contributed by atoms with Crippen molar-refractivity contribution in [2.45, 2.75) is 111 Å². The van der Waals surface area contributed by atoms with E-state index in [0.717, 1.165) is 134 Å². The number of para-hydroxylation sites is 4. The van der Waals surface area contributed by atoms with Gasteiger partial charge in [0.15, 0.2) is 11.5 Å². The summed E-state index contributed by atoms with van der Waals surface area (Å²) < 4.78 is 89.7. The first-order valence-corrected chi connectivity index (χ1v) is 35.2. The molecule has 12 aromatic carbocycles. The van der Waals surface area contributed by atoms with Crippen LogP contribution in [0.15, 0.2) is 242 Å². The number of anilines is 15. The highest BCUT2D eigenvalue weighted by Gasteiger charge is 2.57. The van der Waals surface area contributed by atoms with Gasteiger partial charge in [0.25, 0.3) is 20.1 Å². The first-order chi connectivity index (χ1) is 51.7. The van der Waals surface area contributed by atoms with Crippen LogP contribution in [0.4, 0.5) is 85.3 Å². The minimum absolute atomic E-state index is 0.00750. The molecule has 490 valence electrons. The molecule has 11 heteroatoms. The van der Waals surface area contributed by atoms with Crippen LogP contribution >= 0.6 is 0 Å². The summed E-state index contributed by atoms with van der Waals surface area (Å²) in [5.74, 6) is 0.974. The fraction of sp³-hybridized carbons (Fsp3) is 0.189.